The molecule has 4 nitrogen and oxygen atoms in total. The number of ether oxygens (including phenoxy) is 1. The fraction of sp³-hybridized carbons (Fsp3) is 0.684. The predicted octanol–water partition coefficient (Wildman–Crippen LogP) is 5.14. The summed E-state index contributed by atoms with van der Waals surface area (Å²) in [4.78, 5) is 20.9. The van der Waals surface area contributed by atoms with Gasteiger partial charge in [0, 0.05) is 11.6 Å². The third-order valence-electron chi connectivity index (χ3n) is 3.55. The monoisotopic (exact) mass is 326 g/mol. The standard InChI is InChI=1S/C12H22O2.C7H12O2/c1-4-6-7-11(5-2)9-8-10(3)12(13)14;1-3-5-6-9-7(8)4-2/h8,11H,4-7,9H2,1-3H3,(H,13,14);4H,2-3,5-6H2,1H3. The van der Waals surface area contributed by atoms with Crippen molar-refractivity contribution in [3.05, 3.63) is 24.3 Å². The summed E-state index contributed by atoms with van der Waals surface area (Å²) >= 11 is 0. The first-order chi connectivity index (χ1) is 10.9. The molecule has 0 rings (SSSR count). The molecule has 1 N–H and O–H groups in total. The Morgan fingerprint density at radius 2 is 1.78 bits per heavy atom. The van der Waals surface area contributed by atoms with Crippen LogP contribution in [0.3, 0.4) is 0 Å². The van der Waals surface area contributed by atoms with Gasteiger partial charge in [-0.15, -0.1) is 0 Å². The van der Waals surface area contributed by atoms with Crippen LogP contribution in [-0.4, -0.2) is 23.7 Å². The molecule has 0 aromatic rings. The van der Waals surface area contributed by atoms with Gasteiger partial charge in [0.05, 0.1) is 6.61 Å². The number of unbranched alkanes of at least 4 members (excludes halogenated alkanes) is 2. The van der Waals surface area contributed by atoms with Gasteiger partial charge < -0.3 is 9.84 Å². The van der Waals surface area contributed by atoms with Gasteiger partial charge >= 0.3 is 11.9 Å². The minimum Gasteiger partial charge on any atom is -0.478 e. The molecular formula is C19H34O4. The van der Waals surface area contributed by atoms with Crippen molar-refractivity contribution >= 4 is 11.9 Å². The van der Waals surface area contributed by atoms with Gasteiger partial charge in [0.1, 0.15) is 0 Å². The zero-order valence-electron chi connectivity index (χ0n) is 15.3. The molecule has 0 heterocycles. The minimum atomic E-state index is -0.796. The van der Waals surface area contributed by atoms with Gasteiger partial charge in [0.2, 0.25) is 0 Å². The van der Waals surface area contributed by atoms with Gasteiger partial charge in [0.15, 0.2) is 0 Å². The normalized spacial score (nSPS) is 11.9. The molecule has 4 heteroatoms. The topological polar surface area (TPSA) is 63.6 Å². The van der Waals surface area contributed by atoms with E-state index in [-0.39, 0.29) is 5.97 Å². The molecule has 0 aliphatic carbocycles. The number of rotatable bonds is 11. The molecule has 0 aliphatic heterocycles. The third kappa shape index (κ3) is 16.6. The summed E-state index contributed by atoms with van der Waals surface area (Å²) in [6.07, 6.45) is 10.7. The second-order valence-corrected chi connectivity index (χ2v) is 5.57. The highest BCUT2D eigenvalue weighted by molar-refractivity contribution is 5.85. The zero-order chi connectivity index (χ0) is 18.1. The van der Waals surface area contributed by atoms with E-state index >= 15 is 0 Å². The van der Waals surface area contributed by atoms with Crippen LogP contribution in [0.4, 0.5) is 0 Å². The van der Waals surface area contributed by atoms with Crippen LogP contribution in [0, 0.1) is 5.92 Å². The molecule has 0 bridgehead atoms. The Kier molecular flexibility index (Phi) is 17.3. The highest BCUT2D eigenvalue weighted by atomic mass is 16.5. The number of aliphatic carboxylic acids is 1. The SMILES string of the molecule is C=CC(=O)OCCCC.CCCCC(CC)CC=C(C)C(=O)O. The van der Waals surface area contributed by atoms with Gasteiger partial charge in [-0.3, -0.25) is 0 Å². The molecule has 0 aromatic heterocycles. The first kappa shape index (κ1) is 23.7. The molecule has 0 spiro atoms. The third-order valence-corrected chi connectivity index (χ3v) is 3.55. The zero-order valence-corrected chi connectivity index (χ0v) is 15.3. The average Bonchev–Trinajstić information content (AvgIpc) is 2.55. The van der Waals surface area contributed by atoms with E-state index in [4.69, 9.17) is 5.11 Å². The fourth-order valence-corrected chi connectivity index (χ4v) is 1.79. The van der Waals surface area contributed by atoms with Gasteiger partial charge in [-0.2, -0.15) is 0 Å². The van der Waals surface area contributed by atoms with Crippen molar-refractivity contribution in [1.29, 1.82) is 0 Å². The number of hydrogen-bond donors (Lipinski definition) is 1. The molecule has 23 heavy (non-hydrogen) atoms. The van der Waals surface area contributed by atoms with E-state index < -0.39 is 5.97 Å². The second kappa shape index (κ2) is 16.8. The Hall–Kier alpha value is -1.58. The van der Waals surface area contributed by atoms with Crippen LogP contribution >= 0.6 is 0 Å². The molecule has 0 amide bonds. The average molecular weight is 326 g/mol. The Labute approximate surface area is 141 Å². The predicted molar refractivity (Wildman–Crippen MR) is 95.4 cm³/mol. The molecule has 134 valence electrons. The first-order valence-corrected chi connectivity index (χ1v) is 8.61. The molecule has 0 saturated carbocycles. The van der Waals surface area contributed by atoms with Crippen LogP contribution in [0.2, 0.25) is 0 Å². The van der Waals surface area contributed by atoms with Gasteiger partial charge in [-0.05, 0) is 25.7 Å². The number of carbonyl (C=O) groups is 2. The number of carboxylic acid groups (broad SMARTS) is 1. The van der Waals surface area contributed by atoms with Crippen molar-refractivity contribution in [2.45, 2.75) is 72.6 Å². The number of esters is 1. The van der Waals surface area contributed by atoms with Gasteiger partial charge in [-0.1, -0.05) is 65.5 Å². The summed E-state index contributed by atoms with van der Waals surface area (Å²) in [5.74, 6) is -0.469. The summed E-state index contributed by atoms with van der Waals surface area (Å²) < 4.78 is 4.67. The van der Waals surface area contributed by atoms with Crippen LogP contribution in [0.5, 0.6) is 0 Å². The molecule has 0 fully saturated rings. The van der Waals surface area contributed by atoms with Crippen LogP contribution in [0.1, 0.15) is 72.6 Å². The molecule has 0 aliphatic rings. The number of hydrogen-bond acceptors (Lipinski definition) is 3. The number of carbonyl (C=O) groups excluding carboxylic acids is 1. The quantitative estimate of drug-likeness (QED) is 0.324. The minimum absolute atomic E-state index is 0.330. The van der Waals surface area contributed by atoms with Crippen molar-refractivity contribution in [2.75, 3.05) is 6.61 Å². The van der Waals surface area contributed by atoms with E-state index in [1.54, 1.807) is 6.92 Å². The fourth-order valence-electron chi connectivity index (χ4n) is 1.79. The molecule has 1 unspecified atom stereocenters. The molecule has 0 saturated heterocycles. The van der Waals surface area contributed by atoms with Crippen LogP contribution in [0.15, 0.2) is 24.3 Å². The Bertz CT molecular complexity index is 358. The first-order valence-electron chi connectivity index (χ1n) is 8.61. The smallest absolute Gasteiger partial charge is 0.330 e. The Morgan fingerprint density at radius 3 is 2.22 bits per heavy atom. The van der Waals surface area contributed by atoms with Crippen LogP contribution < -0.4 is 0 Å². The van der Waals surface area contributed by atoms with Crippen molar-refractivity contribution in [2.24, 2.45) is 5.92 Å². The van der Waals surface area contributed by atoms with Crippen molar-refractivity contribution in [3.8, 4) is 0 Å². The van der Waals surface area contributed by atoms with Crippen molar-refractivity contribution in [3.63, 3.8) is 0 Å². The number of carboxylic acids is 1. The molecule has 1 atom stereocenters. The summed E-state index contributed by atoms with van der Waals surface area (Å²) in [6, 6.07) is 0. The Balaban J connectivity index is 0. The summed E-state index contributed by atoms with van der Waals surface area (Å²) in [7, 11) is 0. The molecule has 0 radical (unpaired) electrons. The van der Waals surface area contributed by atoms with Gasteiger partial charge in [0.25, 0.3) is 0 Å². The summed E-state index contributed by atoms with van der Waals surface area (Å²) in [5, 5.41) is 8.68. The maximum atomic E-state index is 10.5. The second-order valence-electron chi connectivity index (χ2n) is 5.57. The lowest BCUT2D eigenvalue weighted by molar-refractivity contribution is -0.138. The maximum absolute atomic E-state index is 10.5. The highest BCUT2D eigenvalue weighted by Crippen LogP contribution is 2.17. The lowest BCUT2D eigenvalue weighted by atomic mass is 9.95. The lowest BCUT2D eigenvalue weighted by Crippen LogP contribution is -2.00. The molecule has 0 aromatic carbocycles. The summed E-state index contributed by atoms with van der Waals surface area (Å²) in [5.41, 5.74) is 0.472. The van der Waals surface area contributed by atoms with Gasteiger partial charge in [-0.25, -0.2) is 9.59 Å². The number of allylic oxidation sites excluding steroid dienone is 1. The maximum Gasteiger partial charge on any atom is 0.330 e. The van der Waals surface area contributed by atoms with Crippen molar-refractivity contribution < 1.29 is 19.4 Å². The summed E-state index contributed by atoms with van der Waals surface area (Å²) in [6.45, 7) is 11.8. The van der Waals surface area contributed by atoms with E-state index in [9.17, 15) is 9.59 Å². The van der Waals surface area contributed by atoms with E-state index in [2.05, 4.69) is 25.2 Å². The lowest BCUT2D eigenvalue weighted by Gasteiger charge is -2.11. The van der Waals surface area contributed by atoms with Crippen LogP contribution in [-0.2, 0) is 14.3 Å². The van der Waals surface area contributed by atoms with E-state index in [0.717, 1.165) is 25.7 Å². The van der Waals surface area contributed by atoms with Crippen molar-refractivity contribution in [1.82, 2.24) is 0 Å². The van der Waals surface area contributed by atoms with E-state index in [1.807, 2.05) is 13.0 Å². The Morgan fingerprint density at radius 1 is 1.17 bits per heavy atom. The molecular weight excluding hydrogens is 292 g/mol. The highest BCUT2D eigenvalue weighted by Gasteiger charge is 2.05. The van der Waals surface area contributed by atoms with E-state index in [0.29, 0.717) is 18.1 Å². The largest absolute Gasteiger partial charge is 0.478 e. The van der Waals surface area contributed by atoms with E-state index in [1.165, 1.54) is 25.3 Å². The van der Waals surface area contributed by atoms with Crippen LogP contribution in [0.25, 0.3) is 0 Å².